The van der Waals surface area contributed by atoms with E-state index < -0.39 is 23.3 Å². The second kappa shape index (κ2) is 11.1. The summed E-state index contributed by atoms with van der Waals surface area (Å²) < 4.78 is 21.2. The minimum absolute atomic E-state index is 0.174. The first-order valence-electron chi connectivity index (χ1n) is 12.2. The molecule has 9 nitrogen and oxygen atoms in total. The van der Waals surface area contributed by atoms with Crippen molar-refractivity contribution in [2.75, 3.05) is 13.7 Å². The SMILES string of the molecule is COC(=O)Cc1c(C)c2ccc(OC(=O)C3CCC(CNC(=O)OC(C)(C)C)CC3)c(C)c2oc1=O. The molecule has 0 unspecified atom stereocenters. The number of benzene rings is 1. The molecule has 2 aromatic rings. The van der Waals surface area contributed by atoms with Gasteiger partial charge >= 0.3 is 23.7 Å². The van der Waals surface area contributed by atoms with Gasteiger partial charge in [-0.3, -0.25) is 9.59 Å². The number of aryl methyl sites for hydroxylation is 2. The minimum atomic E-state index is -0.615. The summed E-state index contributed by atoms with van der Waals surface area (Å²) in [4.78, 5) is 48.9. The van der Waals surface area contributed by atoms with Crippen LogP contribution in [0.15, 0.2) is 21.3 Å². The summed E-state index contributed by atoms with van der Waals surface area (Å²) in [5, 5.41) is 3.48. The second-order valence-electron chi connectivity index (χ2n) is 10.3. The number of nitrogens with one attached hydrogen (secondary N) is 1. The van der Waals surface area contributed by atoms with Crippen LogP contribution in [0.25, 0.3) is 11.0 Å². The number of carbonyl (C=O) groups is 3. The number of fused-ring (bicyclic) bond motifs is 1. The quantitative estimate of drug-likeness (QED) is 0.352. The molecule has 9 heteroatoms. The van der Waals surface area contributed by atoms with Crippen LogP contribution < -0.4 is 15.7 Å². The van der Waals surface area contributed by atoms with Gasteiger partial charge in [-0.15, -0.1) is 0 Å². The van der Waals surface area contributed by atoms with Gasteiger partial charge in [0.1, 0.15) is 16.9 Å². The molecule has 0 atom stereocenters. The van der Waals surface area contributed by atoms with Crippen molar-refractivity contribution in [1.82, 2.24) is 5.32 Å². The molecule has 1 aliphatic rings. The molecule has 1 fully saturated rings. The molecule has 1 aliphatic carbocycles. The Labute approximate surface area is 210 Å². The van der Waals surface area contributed by atoms with E-state index in [1.807, 2.05) is 20.8 Å². The minimum Gasteiger partial charge on any atom is -0.469 e. The fraction of sp³-hybridized carbons (Fsp3) is 0.556. The van der Waals surface area contributed by atoms with Crippen LogP contribution in [-0.2, 0) is 25.5 Å². The van der Waals surface area contributed by atoms with Gasteiger partial charge in [0.2, 0.25) is 0 Å². The van der Waals surface area contributed by atoms with Gasteiger partial charge in [0.05, 0.1) is 25.0 Å². The molecule has 1 aromatic carbocycles. The van der Waals surface area contributed by atoms with E-state index in [9.17, 15) is 19.2 Å². The summed E-state index contributed by atoms with van der Waals surface area (Å²) in [6.07, 6.45) is 2.31. The molecule has 36 heavy (non-hydrogen) atoms. The number of alkyl carbamates (subject to hydrolysis) is 1. The highest BCUT2D eigenvalue weighted by atomic mass is 16.6. The zero-order valence-corrected chi connectivity index (χ0v) is 21.8. The summed E-state index contributed by atoms with van der Waals surface area (Å²) in [5.74, 6) is -0.473. The number of esters is 2. The third-order valence-electron chi connectivity index (χ3n) is 6.53. The van der Waals surface area contributed by atoms with E-state index in [4.69, 9.17) is 13.9 Å². The average molecular weight is 502 g/mol. The van der Waals surface area contributed by atoms with Crippen LogP contribution >= 0.6 is 0 Å². The molecular formula is C27H35NO8. The lowest BCUT2D eigenvalue weighted by atomic mass is 9.82. The van der Waals surface area contributed by atoms with Gasteiger partial charge in [0.25, 0.3) is 0 Å². The molecule has 0 aliphatic heterocycles. The molecule has 0 radical (unpaired) electrons. The highest BCUT2D eigenvalue weighted by molar-refractivity contribution is 5.88. The van der Waals surface area contributed by atoms with E-state index in [-0.39, 0.29) is 29.8 Å². The first-order valence-corrected chi connectivity index (χ1v) is 12.2. The first kappa shape index (κ1) is 27.2. The van der Waals surface area contributed by atoms with Gasteiger partial charge in [-0.25, -0.2) is 9.59 Å². The van der Waals surface area contributed by atoms with Gasteiger partial charge in [0, 0.05) is 17.5 Å². The van der Waals surface area contributed by atoms with E-state index >= 15 is 0 Å². The van der Waals surface area contributed by atoms with E-state index in [1.54, 1.807) is 26.0 Å². The molecule has 0 saturated heterocycles. The molecule has 3 rings (SSSR count). The number of methoxy groups -OCH3 is 1. The van der Waals surface area contributed by atoms with Crippen molar-refractivity contribution in [3.05, 3.63) is 39.2 Å². The van der Waals surface area contributed by atoms with E-state index in [1.165, 1.54) is 7.11 Å². The lowest BCUT2D eigenvalue weighted by molar-refractivity contribution is -0.141. The average Bonchev–Trinajstić information content (AvgIpc) is 2.81. The van der Waals surface area contributed by atoms with Crippen molar-refractivity contribution < 1.29 is 33.0 Å². The van der Waals surface area contributed by atoms with Crippen LogP contribution in [0.4, 0.5) is 4.79 Å². The fourth-order valence-electron chi connectivity index (χ4n) is 4.44. The van der Waals surface area contributed by atoms with Gasteiger partial charge in [-0.1, -0.05) is 0 Å². The highest BCUT2D eigenvalue weighted by Crippen LogP contribution is 2.33. The Kier molecular flexibility index (Phi) is 8.43. The summed E-state index contributed by atoms with van der Waals surface area (Å²) in [6.45, 7) is 9.44. The Morgan fingerprint density at radius 3 is 2.33 bits per heavy atom. The van der Waals surface area contributed by atoms with Crippen LogP contribution in [0.1, 0.15) is 63.1 Å². The number of hydrogen-bond donors (Lipinski definition) is 1. The normalized spacial score (nSPS) is 17.9. The van der Waals surface area contributed by atoms with Crippen LogP contribution in [-0.4, -0.2) is 37.3 Å². The summed E-state index contributed by atoms with van der Waals surface area (Å²) in [7, 11) is 1.26. The molecule has 1 aromatic heterocycles. The summed E-state index contributed by atoms with van der Waals surface area (Å²) >= 11 is 0. The van der Waals surface area contributed by atoms with Gasteiger partial charge in [0.15, 0.2) is 0 Å². The molecule has 1 N–H and O–H groups in total. The molecule has 0 bridgehead atoms. The van der Waals surface area contributed by atoms with Crippen molar-refractivity contribution in [2.45, 2.75) is 72.3 Å². The maximum absolute atomic E-state index is 12.9. The number of rotatable bonds is 6. The van der Waals surface area contributed by atoms with Crippen LogP contribution in [0, 0.1) is 25.7 Å². The molecule has 1 heterocycles. The Hall–Kier alpha value is -3.36. The lowest BCUT2D eigenvalue weighted by Gasteiger charge is -2.28. The smallest absolute Gasteiger partial charge is 0.407 e. The van der Waals surface area contributed by atoms with E-state index in [0.717, 1.165) is 12.8 Å². The first-order chi connectivity index (χ1) is 16.9. The van der Waals surface area contributed by atoms with Gasteiger partial charge in [-0.05, 0) is 83.9 Å². The fourth-order valence-corrected chi connectivity index (χ4v) is 4.44. The number of ether oxygens (including phenoxy) is 3. The molecule has 1 saturated carbocycles. The van der Waals surface area contributed by atoms with Crippen molar-refractivity contribution in [2.24, 2.45) is 11.8 Å². The standard InChI is InChI=1S/C27H35NO8/c1-15-19-11-12-21(16(2)23(19)35-25(31)20(15)13-22(29)33-6)34-24(30)18-9-7-17(8-10-18)14-28-26(32)36-27(3,4)5/h11-12,17-18H,7-10,13-14H2,1-6H3,(H,28,32). The van der Waals surface area contributed by atoms with Crippen molar-refractivity contribution in [1.29, 1.82) is 0 Å². The van der Waals surface area contributed by atoms with Gasteiger partial charge < -0.3 is 23.9 Å². The molecular weight excluding hydrogens is 466 g/mol. The highest BCUT2D eigenvalue weighted by Gasteiger charge is 2.29. The Morgan fingerprint density at radius 1 is 1.06 bits per heavy atom. The van der Waals surface area contributed by atoms with E-state index in [0.29, 0.717) is 47.2 Å². The molecule has 0 spiro atoms. The number of carbonyl (C=O) groups excluding carboxylic acids is 3. The van der Waals surface area contributed by atoms with Crippen molar-refractivity contribution in [3.63, 3.8) is 0 Å². The van der Waals surface area contributed by atoms with Crippen LogP contribution in [0.3, 0.4) is 0 Å². The predicted molar refractivity (Wildman–Crippen MR) is 133 cm³/mol. The van der Waals surface area contributed by atoms with Crippen molar-refractivity contribution in [3.8, 4) is 5.75 Å². The maximum atomic E-state index is 12.9. The van der Waals surface area contributed by atoms with Crippen LogP contribution in [0.5, 0.6) is 5.75 Å². The molecule has 196 valence electrons. The largest absolute Gasteiger partial charge is 0.469 e. The Balaban J connectivity index is 1.63. The third kappa shape index (κ3) is 6.65. The topological polar surface area (TPSA) is 121 Å². The second-order valence-corrected chi connectivity index (χ2v) is 10.3. The number of hydrogen-bond acceptors (Lipinski definition) is 8. The van der Waals surface area contributed by atoms with E-state index in [2.05, 4.69) is 10.1 Å². The van der Waals surface area contributed by atoms with Gasteiger partial charge in [-0.2, -0.15) is 0 Å². The third-order valence-corrected chi connectivity index (χ3v) is 6.53. The van der Waals surface area contributed by atoms with Crippen molar-refractivity contribution >= 4 is 29.0 Å². The Morgan fingerprint density at radius 2 is 1.72 bits per heavy atom. The summed E-state index contributed by atoms with van der Waals surface area (Å²) in [5.41, 5.74) is 0.589. The zero-order valence-electron chi connectivity index (χ0n) is 21.8. The van der Waals surface area contributed by atoms with Crippen LogP contribution in [0.2, 0.25) is 0 Å². The summed E-state index contributed by atoms with van der Waals surface area (Å²) in [6, 6.07) is 3.41. The number of amides is 1. The zero-order chi connectivity index (χ0) is 26.6. The predicted octanol–water partition coefficient (Wildman–Crippen LogP) is 4.36. The monoisotopic (exact) mass is 501 g/mol. The molecule has 1 amide bonds. The lowest BCUT2D eigenvalue weighted by Crippen LogP contribution is -2.36. The Bertz CT molecular complexity index is 1200. The maximum Gasteiger partial charge on any atom is 0.407 e.